The molecule has 3 N–H and O–H groups in total. The number of aromatic nitrogens is 2. The number of allylic oxidation sites excluding steroid dienone is 1. The van der Waals surface area contributed by atoms with Gasteiger partial charge in [0.25, 0.3) is 0 Å². The molecule has 0 aliphatic carbocycles. The van der Waals surface area contributed by atoms with Gasteiger partial charge in [0.05, 0.1) is 5.69 Å². The second kappa shape index (κ2) is 8.23. The normalized spacial score (nSPS) is 13.1. The SMILES string of the molecule is C=C(CC(CC)CC(=O)O)NCc1ccc2c(c1)Nc1nccnc1S2. The molecule has 0 fully saturated rings. The molecule has 1 atom stereocenters. The Labute approximate surface area is 157 Å². The van der Waals surface area contributed by atoms with Gasteiger partial charge in [0.1, 0.15) is 5.03 Å². The molecule has 1 aliphatic heterocycles. The van der Waals surface area contributed by atoms with Crippen molar-refractivity contribution in [1.82, 2.24) is 15.3 Å². The summed E-state index contributed by atoms with van der Waals surface area (Å²) >= 11 is 1.60. The minimum atomic E-state index is -0.758. The van der Waals surface area contributed by atoms with E-state index in [-0.39, 0.29) is 12.3 Å². The zero-order chi connectivity index (χ0) is 18.5. The number of hydrogen-bond donors (Lipinski definition) is 3. The lowest BCUT2D eigenvalue weighted by atomic mass is 9.97. The highest BCUT2D eigenvalue weighted by molar-refractivity contribution is 7.99. The van der Waals surface area contributed by atoms with Crippen molar-refractivity contribution >= 4 is 29.2 Å². The number of nitrogens with one attached hydrogen (secondary N) is 2. The maximum atomic E-state index is 10.9. The number of aliphatic carboxylic acids is 1. The molecule has 1 unspecified atom stereocenters. The van der Waals surface area contributed by atoms with Gasteiger partial charge in [-0.25, -0.2) is 9.97 Å². The molecule has 2 aromatic rings. The molecule has 0 saturated heterocycles. The molecule has 6 nitrogen and oxygen atoms in total. The van der Waals surface area contributed by atoms with Crippen molar-refractivity contribution < 1.29 is 9.90 Å². The fraction of sp³-hybridized carbons (Fsp3) is 0.316. The fourth-order valence-electron chi connectivity index (χ4n) is 2.85. The largest absolute Gasteiger partial charge is 0.481 e. The summed E-state index contributed by atoms with van der Waals surface area (Å²) in [6.07, 6.45) is 5.04. The smallest absolute Gasteiger partial charge is 0.303 e. The maximum Gasteiger partial charge on any atom is 0.303 e. The lowest BCUT2D eigenvalue weighted by Crippen LogP contribution is -2.17. The van der Waals surface area contributed by atoms with Crippen molar-refractivity contribution in [2.24, 2.45) is 5.92 Å². The Morgan fingerprint density at radius 1 is 1.35 bits per heavy atom. The van der Waals surface area contributed by atoms with E-state index in [2.05, 4.69) is 45.4 Å². The van der Waals surface area contributed by atoms with E-state index in [9.17, 15) is 4.79 Å². The van der Waals surface area contributed by atoms with Crippen molar-refractivity contribution in [3.63, 3.8) is 0 Å². The standard InChI is InChI=1S/C19H22N4O2S/c1-3-13(10-17(24)25)8-12(2)22-11-14-4-5-16-15(9-14)23-18-19(26-16)21-7-6-20-18/h4-7,9,13,22H,2-3,8,10-11H2,1H3,(H,20,23)(H,24,25). The number of nitrogens with zero attached hydrogens (tertiary/aromatic N) is 2. The first-order chi connectivity index (χ1) is 12.5. The molecule has 3 rings (SSSR count). The second-order valence-corrected chi connectivity index (χ2v) is 7.33. The molecule has 136 valence electrons. The van der Waals surface area contributed by atoms with E-state index in [1.807, 2.05) is 6.92 Å². The number of carboxylic acids is 1. The van der Waals surface area contributed by atoms with Crippen LogP contribution in [0, 0.1) is 5.92 Å². The summed E-state index contributed by atoms with van der Waals surface area (Å²) in [5.41, 5.74) is 3.01. The van der Waals surface area contributed by atoms with E-state index in [0.717, 1.165) is 39.1 Å². The summed E-state index contributed by atoms with van der Waals surface area (Å²) in [7, 11) is 0. The Morgan fingerprint density at radius 3 is 2.92 bits per heavy atom. The minimum Gasteiger partial charge on any atom is -0.481 e. The van der Waals surface area contributed by atoms with Crippen molar-refractivity contribution in [2.45, 2.75) is 42.7 Å². The van der Waals surface area contributed by atoms with Crippen LogP contribution in [0.3, 0.4) is 0 Å². The summed E-state index contributed by atoms with van der Waals surface area (Å²) in [6, 6.07) is 6.24. The minimum absolute atomic E-state index is 0.115. The van der Waals surface area contributed by atoms with E-state index in [0.29, 0.717) is 13.0 Å². The third kappa shape index (κ3) is 4.54. The second-order valence-electron chi connectivity index (χ2n) is 6.30. The molecule has 1 aromatic heterocycles. The third-order valence-electron chi connectivity index (χ3n) is 4.29. The van der Waals surface area contributed by atoms with Crippen LogP contribution in [0.15, 0.2) is 52.8 Å². The molecular formula is C19H22N4O2S. The van der Waals surface area contributed by atoms with Crippen LogP contribution in [0.5, 0.6) is 0 Å². The molecule has 1 aliphatic rings. The Kier molecular flexibility index (Phi) is 5.78. The monoisotopic (exact) mass is 370 g/mol. The molecule has 0 saturated carbocycles. The predicted molar refractivity (Wildman–Crippen MR) is 103 cm³/mol. The highest BCUT2D eigenvalue weighted by Crippen LogP contribution is 2.41. The molecule has 0 spiro atoms. The Balaban J connectivity index is 1.58. The van der Waals surface area contributed by atoms with Gasteiger partial charge in [0.15, 0.2) is 5.82 Å². The lowest BCUT2D eigenvalue weighted by molar-refractivity contribution is -0.138. The molecule has 7 heteroatoms. The van der Waals surface area contributed by atoms with Crippen LogP contribution in [0.1, 0.15) is 31.7 Å². The Morgan fingerprint density at radius 2 is 2.15 bits per heavy atom. The van der Waals surface area contributed by atoms with Crippen LogP contribution in [-0.4, -0.2) is 21.0 Å². The average Bonchev–Trinajstić information content (AvgIpc) is 2.63. The highest BCUT2D eigenvalue weighted by Gasteiger charge is 2.18. The first kappa shape index (κ1) is 18.3. The van der Waals surface area contributed by atoms with Gasteiger partial charge in [0, 0.05) is 36.0 Å². The van der Waals surface area contributed by atoms with Gasteiger partial charge < -0.3 is 15.7 Å². The summed E-state index contributed by atoms with van der Waals surface area (Å²) < 4.78 is 0. The van der Waals surface area contributed by atoms with Gasteiger partial charge >= 0.3 is 5.97 Å². The van der Waals surface area contributed by atoms with Crippen molar-refractivity contribution in [1.29, 1.82) is 0 Å². The molecule has 26 heavy (non-hydrogen) atoms. The van der Waals surface area contributed by atoms with Gasteiger partial charge in [-0.05, 0) is 30.0 Å². The Hall–Kier alpha value is -2.54. The quantitative estimate of drug-likeness (QED) is 0.548. The van der Waals surface area contributed by atoms with Crippen LogP contribution >= 0.6 is 11.8 Å². The number of hydrogen-bond acceptors (Lipinski definition) is 6. The average molecular weight is 370 g/mol. The van der Waals surface area contributed by atoms with Crippen LogP contribution in [-0.2, 0) is 11.3 Å². The van der Waals surface area contributed by atoms with Gasteiger partial charge in [0.2, 0.25) is 0 Å². The number of fused-ring (bicyclic) bond motifs is 2. The molecule has 1 aromatic carbocycles. The Bertz CT molecular complexity index is 825. The van der Waals surface area contributed by atoms with Crippen molar-refractivity contribution in [3.05, 3.63) is 48.4 Å². The predicted octanol–water partition coefficient (Wildman–Crippen LogP) is 4.18. The summed E-state index contributed by atoms with van der Waals surface area (Å²) in [5.74, 6) is 0.134. The number of rotatable bonds is 8. The van der Waals surface area contributed by atoms with E-state index < -0.39 is 5.97 Å². The molecule has 0 amide bonds. The number of carboxylic acid groups (broad SMARTS) is 1. The molecular weight excluding hydrogens is 348 g/mol. The van der Waals surface area contributed by atoms with E-state index in [4.69, 9.17) is 5.11 Å². The zero-order valence-electron chi connectivity index (χ0n) is 14.7. The highest BCUT2D eigenvalue weighted by atomic mass is 32.2. The van der Waals surface area contributed by atoms with Gasteiger partial charge in [-0.15, -0.1) is 0 Å². The van der Waals surface area contributed by atoms with Gasteiger partial charge in [-0.3, -0.25) is 4.79 Å². The first-order valence-electron chi connectivity index (χ1n) is 8.57. The number of anilines is 2. The maximum absolute atomic E-state index is 10.9. The van der Waals surface area contributed by atoms with Crippen molar-refractivity contribution in [3.8, 4) is 0 Å². The van der Waals surface area contributed by atoms with Gasteiger partial charge in [-0.1, -0.05) is 37.8 Å². The number of carbonyl (C=O) groups is 1. The van der Waals surface area contributed by atoms with E-state index in [1.165, 1.54) is 0 Å². The first-order valence-corrected chi connectivity index (χ1v) is 9.39. The third-order valence-corrected chi connectivity index (χ3v) is 5.35. The zero-order valence-corrected chi connectivity index (χ0v) is 15.5. The molecule has 2 heterocycles. The van der Waals surface area contributed by atoms with Crippen LogP contribution in [0.4, 0.5) is 11.5 Å². The molecule has 0 radical (unpaired) electrons. The van der Waals surface area contributed by atoms with E-state index in [1.54, 1.807) is 24.2 Å². The van der Waals surface area contributed by atoms with Crippen molar-refractivity contribution in [2.75, 3.05) is 5.32 Å². The number of benzene rings is 1. The van der Waals surface area contributed by atoms with Crippen LogP contribution in [0.25, 0.3) is 0 Å². The summed E-state index contributed by atoms with van der Waals surface area (Å²) in [6.45, 7) is 6.70. The lowest BCUT2D eigenvalue weighted by Gasteiger charge is -2.20. The van der Waals surface area contributed by atoms with Crippen LogP contribution < -0.4 is 10.6 Å². The van der Waals surface area contributed by atoms with Crippen LogP contribution in [0.2, 0.25) is 0 Å². The summed E-state index contributed by atoms with van der Waals surface area (Å²) in [4.78, 5) is 20.6. The van der Waals surface area contributed by atoms with Gasteiger partial charge in [-0.2, -0.15) is 0 Å². The summed E-state index contributed by atoms with van der Waals surface area (Å²) in [5, 5.41) is 16.5. The van der Waals surface area contributed by atoms with E-state index >= 15 is 0 Å². The molecule has 0 bridgehead atoms. The fourth-order valence-corrected chi connectivity index (χ4v) is 3.72. The topological polar surface area (TPSA) is 87.1 Å².